The van der Waals surface area contributed by atoms with E-state index >= 15 is 0 Å². The molecule has 2 aromatic carbocycles. The summed E-state index contributed by atoms with van der Waals surface area (Å²) in [5.41, 5.74) is 2.55. The summed E-state index contributed by atoms with van der Waals surface area (Å²) in [6.45, 7) is 4.40. The van der Waals surface area contributed by atoms with E-state index in [2.05, 4.69) is 46.6 Å². The van der Waals surface area contributed by atoms with E-state index in [0.29, 0.717) is 17.8 Å². The summed E-state index contributed by atoms with van der Waals surface area (Å²) in [6, 6.07) is 18.1. The molecule has 2 fully saturated rings. The van der Waals surface area contributed by atoms with Crippen LogP contribution in [0.25, 0.3) is 0 Å². The summed E-state index contributed by atoms with van der Waals surface area (Å²) in [5.74, 6) is 1.72. The number of halogens is 1. The van der Waals surface area contributed by atoms with Gasteiger partial charge in [-0.2, -0.15) is 0 Å². The molecule has 1 unspecified atom stereocenters. The van der Waals surface area contributed by atoms with Gasteiger partial charge in [0.25, 0.3) is 0 Å². The Morgan fingerprint density at radius 3 is 2.23 bits per heavy atom. The maximum absolute atomic E-state index is 13.9. The van der Waals surface area contributed by atoms with Crippen LogP contribution in [0.3, 0.4) is 0 Å². The van der Waals surface area contributed by atoms with Crippen LogP contribution in [0.2, 0.25) is 0 Å². The van der Waals surface area contributed by atoms with Gasteiger partial charge in [-0.1, -0.05) is 30.3 Å². The minimum absolute atomic E-state index is 0.0943. The smallest absolute Gasteiger partial charge is 0.123 e. The predicted molar refractivity (Wildman–Crippen MR) is 106 cm³/mol. The molecule has 1 atom stereocenters. The van der Waals surface area contributed by atoms with Crippen LogP contribution < -0.4 is 10.2 Å². The van der Waals surface area contributed by atoms with Gasteiger partial charge in [0.1, 0.15) is 5.82 Å². The van der Waals surface area contributed by atoms with Crippen molar-refractivity contribution in [2.75, 3.05) is 31.1 Å². The number of anilines is 1. The van der Waals surface area contributed by atoms with Gasteiger partial charge < -0.3 is 10.2 Å². The van der Waals surface area contributed by atoms with Crippen molar-refractivity contribution >= 4 is 5.69 Å². The molecule has 0 saturated carbocycles. The average Bonchev–Trinajstić information content (AvgIpc) is 2.70. The number of nitrogens with zero attached hydrogens (tertiary/aromatic N) is 1. The normalized spacial score (nSPS) is 20.9. The standard InChI is InChI=1S/C23H29FN2/c24-21-6-4-5-20(17-21)23(18-9-13-25-14-10-18)19-11-15-26(16-12-19)22-7-2-1-3-8-22/h1-8,17-19,23,25H,9-16H2. The molecule has 0 spiro atoms. The molecule has 26 heavy (non-hydrogen) atoms. The number of hydrogen-bond donors (Lipinski definition) is 1. The van der Waals surface area contributed by atoms with Crippen molar-refractivity contribution in [1.29, 1.82) is 0 Å². The van der Waals surface area contributed by atoms with Crippen LogP contribution in [0.15, 0.2) is 54.6 Å². The lowest BCUT2D eigenvalue weighted by Gasteiger charge is -2.41. The lowest BCUT2D eigenvalue weighted by Crippen LogP contribution is -2.39. The fourth-order valence-corrected chi connectivity index (χ4v) is 5.00. The highest BCUT2D eigenvalue weighted by molar-refractivity contribution is 5.46. The molecule has 0 amide bonds. The molecule has 2 heterocycles. The minimum Gasteiger partial charge on any atom is -0.372 e. The second-order valence-corrected chi connectivity index (χ2v) is 7.83. The minimum atomic E-state index is -0.0943. The molecule has 2 aliphatic heterocycles. The Morgan fingerprint density at radius 1 is 0.846 bits per heavy atom. The van der Waals surface area contributed by atoms with E-state index < -0.39 is 0 Å². The highest BCUT2D eigenvalue weighted by Crippen LogP contribution is 2.42. The van der Waals surface area contributed by atoms with Crippen LogP contribution in [0.5, 0.6) is 0 Å². The van der Waals surface area contributed by atoms with E-state index in [-0.39, 0.29) is 5.82 Å². The molecular weight excluding hydrogens is 323 g/mol. The van der Waals surface area contributed by atoms with Gasteiger partial charge in [0.05, 0.1) is 0 Å². The fraction of sp³-hybridized carbons (Fsp3) is 0.478. The topological polar surface area (TPSA) is 15.3 Å². The van der Waals surface area contributed by atoms with Crippen molar-refractivity contribution in [2.24, 2.45) is 11.8 Å². The molecule has 138 valence electrons. The average molecular weight is 352 g/mol. The lowest BCUT2D eigenvalue weighted by atomic mass is 9.70. The van der Waals surface area contributed by atoms with Crippen molar-refractivity contribution in [3.8, 4) is 0 Å². The molecule has 2 aliphatic rings. The third kappa shape index (κ3) is 3.93. The van der Waals surface area contributed by atoms with Gasteiger partial charge in [0, 0.05) is 18.8 Å². The monoisotopic (exact) mass is 352 g/mol. The first-order valence-corrected chi connectivity index (χ1v) is 10.1. The Labute approximate surface area is 156 Å². The summed E-state index contributed by atoms with van der Waals surface area (Å²) < 4.78 is 13.9. The van der Waals surface area contributed by atoms with Crippen molar-refractivity contribution in [1.82, 2.24) is 5.32 Å². The van der Waals surface area contributed by atoms with Crippen LogP contribution in [0.1, 0.15) is 37.2 Å². The first-order chi connectivity index (χ1) is 12.8. The molecular formula is C23H29FN2. The van der Waals surface area contributed by atoms with Crippen LogP contribution in [-0.2, 0) is 0 Å². The number of para-hydroxylation sites is 1. The summed E-state index contributed by atoms with van der Waals surface area (Å²) in [5, 5.41) is 3.48. The van der Waals surface area contributed by atoms with Crippen LogP contribution >= 0.6 is 0 Å². The molecule has 1 N–H and O–H groups in total. The second-order valence-electron chi connectivity index (χ2n) is 7.83. The SMILES string of the molecule is Fc1cccc(C(C2CCNCC2)C2CCN(c3ccccc3)CC2)c1. The second kappa shape index (κ2) is 8.22. The Balaban J connectivity index is 1.51. The first-order valence-electron chi connectivity index (χ1n) is 10.1. The van der Waals surface area contributed by atoms with Gasteiger partial charge in [-0.3, -0.25) is 0 Å². The van der Waals surface area contributed by atoms with Crippen molar-refractivity contribution < 1.29 is 4.39 Å². The third-order valence-corrected chi connectivity index (χ3v) is 6.29. The number of benzene rings is 2. The van der Waals surface area contributed by atoms with Crippen molar-refractivity contribution in [2.45, 2.75) is 31.6 Å². The van der Waals surface area contributed by atoms with Crippen molar-refractivity contribution in [3.63, 3.8) is 0 Å². The Bertz CT molecular complexity index is 688. The predicted octanol–water partition coefficient (Wildman–Crippen LogP) is 4.83. The summed E-state index contributed by atoms with van der Waals surface area (Å²) in [4.78, 5) is 2.50. The van der Waals surface area contributed by atoms with E-state index in [1.807, 2.05) is 6.07 Å². The van der Waals surface area contributed by atoms with Gasteiger partial charge in [0.2, 0.25) is 0 Å². The maximum atomic E-state index is 13.9. The molecule has 0 bridgehead atoms. The zero-order chi connectivity index (χ0) is 17.8. The number of rotatable bonds is 4. The van der Waals surface area contributed by atoms with E-state index in [4.69, 9.17) is 0 Å². The lowest BCUT2D eigenvalue weighted by molar-refractivity contribution is 0.223. The van der Waals surface area contributed by atoms with Crippen molar-refractivity contribution in [3.05, 3.63) is 66.0 Å². The summed E-state index contributed by atoms with van der Waals surface area (Å²) in [6.07, 6.45) is 4.81. The molecule has 2 saturated heterocycles. The number of hydrogen-bond acceptors (Lipinski definition) is 2. The van der Waals surface area contributed by atoms with Crippen LogP contribution in [-0.4, -0.2) is 26.2 Å². The van der Waals surface area contributed by atoms with Crippen LogP contribution in [0, 0.1) is 17.7 Å². The third-order valence-electron chi connectivity index (χ3n) is 6.29. The highest BCUT2D eigenvalue weighted by atomic mass is 19.1. The number of nitrogens with one attached hydrogen (secondary N) is 1. The molecule has 2 aromatic rings. The van der Waals surface area contributed by atoms with Gasteiger partial charge in [0.15, 0.2) is 0 Å². The quantitative estimate of drug-likeness (QED) is 0.848. The zero-order valence-electron chi connectivity index (χ0n) is 15.4. The molecule has 3 heteroatoms. The van der Waals surface area contributed by atoms with E-state index in [1.165, 1.54) is 36.9 Å². The Kier molecular flexibility index (Phi) is 5.54. The van der Waals surface area contributed by atoms with Crippen LogP contribution in [0.4, 0.5) is 10.1 Å². The Hall–Kier alpha value is -1.87. The van der Waals surface area contributed by atoms with E-state index in [1.54, 1.807) is 12.1 Å². The van der Waals surface area contributed by atoms with Gasteiger partial charge in [-0.25, -0.2) is 4.39 Å². The highest BCUT2D eigenvalue weighted by Gasteiger charge is 2.34. The largest absolute Gasteiger partial charge is 0.372 e. The molecule has 0 aromatic heterocycles. The molecule has 0 radical (unpaired) electrons. The molecule has 0 aliphatic carbocycles. The molecule has 4 rings (SSSR count). The van der Waals surface area contributed by atoms with Gasteiger partial charge in [-0.15, -0.1) is 0 Å². The Morgan fingerprint density at radius 2 is 1.54 bits per heavy atom. The van der Waals surface area contributed by atoms with E-state index in [9.17, 15) is 4.39 Å². The van der Waals surface area contributed by atoms with Gasteiger partial charge >= 0.3 is 0 Å². The first kappa shape index (κ1) is 17.5. The molecule has 2 nitrogen and oxygen atoms in total. The number of piperidine rings is 2. The summed E-state index contributed by atoms with van der Waals surface area (Å²) in [7, 11) is 0. The zero-order valence-corrected chi connectivity index (χ0v) is 15.4. The maximum Gasteiger partial charge on any atom is 0.123 e. The van der Waals surface area contributed by atoms with E-state index in [0.717, 1.165) is 26.2 Å². The summed E-state index contributed by atoms with van der Waals surface area (Å²) >= 11 is 0. The fourth-order valence-electron chi connectivity index (χ4n) is 5.00. The van der Waals surface area contributed by atoms with Gasteiger partial charge in [-0.05, 0) is 86.4 Å².